The predicted octanol–water partition coefficient (Wildman–Crippen LogP) is 5.79. The van der Waals surface area contributed by atoms with E-state index in [1.165, 1.54) is 12.1 Å². The molecule has 4 unspecified atom stereocenters. The molecule has 2 aromatic heterocycles. The summed E-state index contributed by atoms with van der Waals surface area (Å²) in [5.41, 5.74) is 5.99. The molecule has 4 aromatic rings. The highest BCUT2D eigenvalue weighted by molar-refractivity contribution is 7.23. The van der Waals surface area contributed by atoms with Crippen LogP contribution in [0.25, 0.3) is 32.1 Å². The Labute approximate surface area is 265 Å². The molecule has 13 heteroatoms. The highest BCUT2D eigenvalue weighted by Gasteiger charge is 2.55. The Morgan fingerprint density at radius 1 is 1.24 bits per heavy atom. The zero-order chi connectivity index (χ0) is 30.8. The van der Waals surface area contributed by atoms with Gasteiger partial charge < -0.3 is 20.7 Å². The molecule has 4 saturated heterocycles. The van der Waals surface area contributed by atoms with Crippen molar-refractivity contribution < 1.29 is 17.9 Å². The fourth-order valence-corrected chi connectivity index (χ4v) is 10.1. The van der Waals surface area contributed by atoms with Gasteiger partial charge in [-0.25, -0.2) is 13.2 Å². The average molecular weight is 652 g/mol. The fraction of sp³-hybridized carbons (Fsp3) is 0.469. The Balaban J connectivity index is 1.21. The number of piperidine rings is 1. The van der Waals surface area contributed by atoms with Crippen LogP contribution in [-0.2, 0) is 0 Å². The molecule has 0 amide bonds. The zero-order valence-electron chi connectivity index (χ0n) is 24.1. The van der Waals surface area contributed by atoms with Crippen molar-refractivity contribution in [3.05, 3.63) is 40.4 Å². The summed E-state index contributed by atoms with van der Waals surface area (Å²) < 4.78 is 52.8. The Morgan fingerprint density at radius 2 is 2.11 bits per heavy atom. The summed E-state index contributed by atoms with van der Waals surface area (Å²) in [6.45, 7) is 2.13. The Hall–Kier alpha value is -3.37. The topological polar surface area (TPSA) is 103 Å². The van der Waals surface area contributed by atoms with E-state index in [2.05, 4.69) is 20.1 Å². The number of nitrogens with two attached hydrogens (primary N) is 1. The molecule has 1 aliphatic carbocycles. The minimum atomic E-state index is -0.913. The summed E-state index contributed by atoms with van der Waals surface area (Å²) in [5, 5.41) is 14.5. The van der Waals surface area contributed by atoms with E-state index in [0.29, 0.717) is 48.7 Å². The van der Waals surface area contributed by atoms with Gasteiger partial charge in [-0.2, -0.15) is 15.2 Å². The molecule has 8 nitrogen and oxygen atoms in total. The maximum absolute atomic E-state index is 17.0. The van der Waals surface area contributed by atoms with Crippen molar-refractivity contribution >= 4 is 54.7 Å². The molecule has 5 fully saturated rings. The van der Waals surface area contributed by atoms with Crippen molar-refractivity contribution in [3.8, 4) is 23.2 Å². The van der Waals surface area contributed by atoms with Gasteiger partial charge in [0.2, 0.25) is 0 Å². The van der Waals surface area contributed by atoms with Gasteiger partial charge in [0.1, 0.15) is 41.0 Å². The van der Waals surface area contributed by atoms with E-state index in [0.717, 1.165) is 43.6 Å². The molecule has 9 rings (SSSR count). The fourth-order valence-electron chi connectivity index (χ4n) is 8.84. The lowest BCUT2D eigenvalue weighted by atomic mass is 9.72. The molecular weight excluding hydrogens is 623 g/mol. The Morgan fingerprint density at radius 3 is 2.96 bits per heavy atom. The summed E-state index contributed by atoms with van der Waals surface area (Å²) in [4.78, 5) is 13.9. The van der Waals surface area contributed by atoms with Crippen LogP contribution in [0.5, 0.6) is 6.01 Å². The quantitative estimate of drug-likeness (QED) is 0.280. The number of nitrogens with zero attached hydrogens (tertiary/aromatic N) is 5. The molecule has 5 aliphatic rings. The molecule has 4 aliphatic heterocycles. The minimum Gasteiger partial charge on any atom is -0.461 e. The van der Waals surface area contributed by atoms with Crippen LogP contribution in [0, 0.1) is 28.9 Å². The molecule has 45 heavy (non-hydrogen) atoms. The van der Waals surface area contributed by atoms with E-state index in [4.69, 9.17) is 27.1 Å². The van der Waals surface area contributed by atoms with Gasteiger partial charge in [0.25, 0.3) is 0 Å². The first-order chi connectivity index (χ1) is 21.7. The van der Waals surface area contributed by atoms with Crippen LogP contribution < -0.4 is 20.7 Å². The number of nitriles is 1. The van der Waals surface area contributed by atoms with E-state index < -0.39 is 23.3 Å². The van der Waals surface area contributed by atoms with Gasteiger partial charge in [0, 0.05) is 54.0 Å². The van der Waals surface area contributed by atoms with Gasteiger partial charge in [0.05, 0.1) is 20.8 Å². The van der Waals surface area contributed by atoms with Crippen LogP contribution in [0.2, 0.25) is 5.02 Å². The molecule has 2 bridgehead atoms. The number of anilines is 2. The summed E-state index contributed by atoms with van der Waals surface area (Å²) in [6, 6.07) is 7.42. The van der Waals surface area contributed by atoms with Crippen molar-refractivity contribution in [1.82, 2.24) is 20.2 Å². The molecule has 2 aromatic carbocycles. The van der Waals surface area contributed by atoms with Crippen molar-refractivity contribution in [2.75, 3.05) is 36.9 Å². The molecule has 3 N–H and O–H groups in total. The molecular formula is C32H29ClF3N7OS. The maximum Gasteiger partial charge on any atom is 0.319 e. The number of hydrogen-bond donors (Lipinski definition) is 2. The van der Waals surface area contributed by atoms with Crippen LogP contribution in [0.15, 0.2) is 18.2 Å². The predicted molar refractivity (Wildman–Crippen MR) is 168 cm³/mol. The zero-order valence-corrected chi connectivity index (χ0v) is 25.7. The van der Waals surface area contributed by atoms with Gasteiger partial charge >= 0.3 is 6.01 Å². The van der Waals surface area contributed by atoms with E-state index >= 15 is 4.39 Å². The average Bonchev–Trinajstić information content (AvgIpc) is 3.66. The number of halogens is 4. The highest BCUT2D eigenvalue weighted by atomic mass is 35.5. The van der Waals surface area contributed by atoms with Gasteiger partial charge in [-0.3, -0.25) is 4.90 Å². The van der Waals surface area contributed by atoms with Crippen molar-refractivity contribution in [1.29, 1.82) is 5.26 Å². The summed E-state index contributed by atoms with van der Waals surface area (Å²) in [7, 11) is 0. The number of fused-ring (bicyclic) bond motifs is 4. The molecule has 6 atom stereocenters. The second-order valence-corrected chi connectivity index (χ2v) is 14.7. The van der Waals surface area contributed by atoms with Gasteiger partial charge in [-0.05, 0) is 55.8 Å². The third-order valence-electron chi connectivity index (χ3n) is 10.9. The Kier molecular flexibility index (Phi) is 6.09. The largest absolute Gasteiger partial charge is 0.461 e. The van der Waals surface area contributed by atoms with Gasteiger partial charge in [0.15, 0.2) is 5.82 Å². The minimum absolute atomic E-state index is 0.000203. The van der Waals surface area contributed by atoms with Crippen LogP contribution in [0.1, 0.15) is 37.7 Å². The van der Waals surface area contributed by atoms with Crippen LogP contribution >= 0.6 is 22.9 Å². The van der Waals surface area contributed by atoms with E-state index in [1.54, 1.807) is 6.07 Å². The van der Waals surface area contributed by atoms with Crippen molar-refractivity contribution in [3.63, 3.8) is 0 Å². The number of rotatable bonds is 5. The Bertz CT molecular complexity index is 1970. The number of nitrogen functional groups attached to an aromatic ring is 1. The highest BCUT2D eigenvalue weighted by Crippen LogP contribution is 2.50. The number of ether oxygens (including phenoxy) is 1. The van der Waals surface area contributed by atoms with E-state index in [9.17, 15) is 14.0 Å². The number of alkyl halides is 1. The lowest BCUT2D eigenvalue weighted by Crippen LogP contribution is -2.56. The van der Waals surface area contributed by atoms with Gasteiger partial charge in [-0.15, -0.1) is 11.3 Å². The lowest BCUT2D eigenvalue weighted by Gasteiger charge is -2.48. The van der Waals surface area contributed by atoms with Crippen molar-refractivity contribution in [2.45, 2.75) is 61.9 Å². The lowest BCUT2D eigenvalue weighted by molar-refractivity contribution is 0.107. The molecule has 0 spiro atoms. The molecule has 0 radical (unpaired) electrons. The SMILES string of the molecule is N#Cc1c(N)sc2c(F)ccc(-c3c(Cl)cc4c(N5CC6CC7C(CC75)N6)nc(OC[C@@]56CCCN5C[C@H](F)C6)nc4c3F)c12. The smallest absolute Gasteiger partial charge is 0.319 e. The number of benzene rings is 2. The first-order valence-electron chi connectivity index (χ1n) is 15.4. The second-order valence-electron chi connectivity index (χ2n) is 13.2. The first kappa shape index (κ1) is 27.9. The first-order valence-corrected chi connectivity index (χ1v) is 16.6. The summed E-state index contributed by atoms with van der Waals surface area (Å²) in [5.74, 6) is -0.229. The van der Waals surface area contributed by atoms with Crippen molar-refractivity contribution in [2.24, 2.45) is 5.92 Å². The third kappa shape index (κ3) is 3.97. The summed E-state index contributed by atoms with van der Waals surface area (Å²) >= 11 is 7.81. The number of nitrogens with one attached hydrogen (secondary N) is 1. The monoisotopic (exact) mass is 651 g/mol. The van der Waals surface area contributed by atoms with E-state index in [-0.39, 0.29) is 61.0 Å². The molecule has 6 heterocycles. The number of hydrogen-bond acceptors (Lipinski definition) is 9. The molecule has 1 saturated carbocycles. The second kappa shape index (κ2) is 9.82. The van der Waals surface area contributed by atoms with Crippen LogP contribution in [-0.4, -0.2) is 70.9 Å². The molecule has 232 valence electrons. The van der Waals surface area contributed by atoms with Gasteiger partial charge in [-0.1, -0.05) is 17.7 Å². The van der Waals surface area contributed by atoms with Crippen LogP contribution in [0.3, 0.4) is 0 Å². The number of thiophene rings is 1. The third-order valence-corrected chi connectivity index (χ3v) is 12.2. The standard InChI is InChI=1S/C32H29ClF3N7OS/c33-20-7-18-27(26(36)25(20)16-2-3-21(35)28-24(16)19(10-37)29(38)45-28)40-31(44-13-32-4-1-5-42(32)11-14(34)9-32)41-30(18)43-12-15-6-17-22(39-15)8-23(17)43/h2-3,7,14-15,17,22-23,39H,1,4-6,8-9,11-13,38H2/t14-,15?,17?,22?,23?,32+/m1/s1. The van der Waals surface area contributed by atoms with E-state index in [1.807, 2.05) is 6.07 Å². The summed E-state index contributed by atoms with van der Waals surface area (Å²) in [6.07, 6.45) is 3.33. The maximum atomic E-state index is 17.0. The van der Waals surface area contributed by atoms with Crippen LogP contribution in [0.4, 0.5) is 24.0 Å². The normalized spacial score (nSPS) is 30.2. The number of aromatic nitrogens is 2.